The van der Waals surface area contributed by atoms with Gasteiger partial charge in [0.15, 0.2) is 0 Å². The van der Waals surface area contributed by atoms with Gasteiger partial charge in [-0.15, -0.1) is 0 Å². The molecule has 0 spiro atoms. The number of pyridine rings is 1. The van der Waals surface area contributed by atoms with Gasteiger partial charge in [-0.2, -0.15) is 4.31 Å². The van der Waals surface area contributed by atoms with Gasteiger partial charge in [0.2, 0.25) is 15.9 Å². The molecule has 0 saturated carbocycles. The topological polar surface area (TPSA) is 103 Å². The number of aldehydes is 1. The first-order chi connectivity index (χ1) is 13.5. The van der Waals surface area contributed by atoms with E-state index in [9.17, 15) is 18.0 Å². The Morgan fingerprint density at radius 1 is 1.38 bits per heavy atom. The van der Waals surface area contributed by atoms with Gasteiger partial charge in [-0.3, -0.25) is 4.79 Å². The van der Waals surface area contributed by atoms with Crippen molar-refractivity contribution in [3.8, 4) is 5.88 Å². The predicted molar refractivity (Wildman–Crippen MR) is 107 cm³/mol. The number of hydrogen-bond donors (Lipinski definition) is 0. The largest absolute Gasteiger partial charge is 0.474 e. The molecule has 2 rings (SSSR count). The van der Waals surface area contributed by atoms with Crippen LogP contribution in [0.1, 0.15) is 59.1 Å². The molecule has 2 atom stereocenters. The smallest absolute Gasteiger partial charge is 0.324 e. The van der Waals surface area contributed by atoms with E-state index in [0.717, 1.165) is 6.29 Å². The molecule has 0 aromatic carbocycles. The molecule has 2 heterocycles. The molecule has 1 saturated heterocycles. The van der Waals surface area contributed by atoms with Gasteiger partial charge in [0.05, 0.1) is 6.10 Å². The van der Waals surface area contributed by atoms with E-state index in [4.69, 9.17) is 9.47 Å². The van der Waals surface area contributed by atoms with Gasteiger partial charge in [0, 0.05) is 18.7 Å². The van der Waals surface area contributed by atoms with E-state index in [1.54, 1.807) is 40.7 Å². The number of ether oxygens (including phenoxy) is 2. The van der Waals surface area contributed by atoms with Crippen molar-refractivity contribution >= 4 is 22.3 Å². The first-order valence-corrected chi connectivity index (χ1v) is 11.2. The normalized spacial score (nSPS) is 19.0. The van der Waals surface area contributed by atoms with Crippen molar-refractivity contribution < 1.29 is 27.5 Å². The molecule has 1 aliphatic heterocycles. The molecule has 1 aromatic rings. The Labute approximate surface area is 172 Å². The molecule has 0 bridgehead atoms. The van der Waals surface area contributed by atoms with Gasteiger partial charge in [-0.05, 0) is 66.0 Å². The van der Waals surface area contributed by atoms with Gasteiger partial charge in [-0.25, -0.2) is 13.4 Å². The minimum absolute atomic E-state index is 0.0155. The van der Waals surface area contributed by atoms with Gasteiger partial charge < -0.3 is 14.3 Å². The van der Waals surface area contributed by atoms with Gasteiger partial charge in [0.1, 0.15) is 22.8 Å². The number of rotatable bonds is 8. The van der Waals surface area contributed by atoms with E-state index in [0.29, 0.717) is 31.4 Å². The van der Waals surface area contributed by atoms with Gasteiger partial charge in [-0.1, -0.05) is 0 Å². The number of carbonyl (C=O) groups excluding carboxylic acids is 2. The average molecular weight is 427 g/mol. The van der Waals surface area contributed by atoms with Crippen LogP contribution in [-0.4, -0.2) is 54.3 Å². The highest BCUT2D eigenvalue weighted by atomic mass is 32.2. The lowest BCUT2D eigenvalue weighted by atomic mass is 10.2. The van der Waals surface area contributed by atoms with E-state index in [1.165, 1.54) is 10.4 Å². The molecule has 162 valence electrons. The Hall–Kier alpha value is -2.00. The van der Waals surface area contributed by atoms with E-state index in [2.05, 4.69) is 4.98 Å². The van der Waals surface area contributed by atoms with Crippen molar-refractivity contribution in [3.63, 3.8) is 0 Å². The molecule has 0 amide bonds. The summed E-state index contributed by atoms with van der Waals surface area (Å²) in [6.07, 6.45) is 2.12. The number of aromatic nitrogens is 1. The molecule has 9 heteroatoms. The third kappa shape index (κ3) is 5.99. The molecule has 0 radical (unpaired) electrons. The number of hydrogen-bond acceptors (Lipinski definition) is 7. The molecule has 29 heavy (non-hydrogen) atoms. The van der Waals surface area contributed by atoms with Crippen molar-refractivity contribution in [1.29, 1.82) is 0 Å². The van der Waals surface area contributed by atoms with E-state index in [1.807, 2.05) is 0 Å². The van der Waals surface area contributed by atoms with E-state index < -0.39 is 27.6 Å². The Balaban J connectivity index is 2.34. The van der Waals surface area contributed by atoms with Crippen LogP contribution in [0.15, 0.2) is 17.0 Å². The summed E-state index contributed by atoms with van der Waals surface area (Å²) in [5.74, 6) is -0.571. The second kappa shape index (κ2) is 9.21. The van der Waals surface area contributed by atoms with Crippen LogP contribution in [0.5, 0.6) is 5.88 Å². The molecule has 1 fully saturated rings. The Bertz CT molecular complexity index is 847. The molecule has 1 aliphatic rings. The maximum Gasteiger partial charge on any atom is 0.324 e. The van der Waals surface area contributed by atoms with Crippen molar-refractivity contribution in [2.24, 2.45) is 0 Å². The minimum atomic E-state index is -4.03. The molecule has 0 aliphatic carbocycles. The van der Waals surface area contributed by atoms with Crippen LogP contribution in [0, 0.1) is 6.92 Å². The summed E-state index contributed by atoms with van der Waals surface area (Å²) < 4.78 is 39.1. The lowest BCUT2D eigenvalue weighted by molar-refractivity contribution is -0.158. The fraction of sp³-hybridized carbons (Fsp3) is 0.650. The number of aryl methyl sites for hydroxylation is 1. The van der Waals surface area contributed by atoms with Crippen molar-refractivity contribution in [3.05, 3.63) is 17.8 Å². The summed E-state index contributed by atoms with van der Waals surface area (Å²) >= 11 is 0. The highest BCUT2D eigenvalue weighted by Crippen LogP contribution is 2.32. The zero-order chi connectivity index (χ0) is 21.8. The average Bonchev–Trinajstić information content (AvgIpc) is 3.09. The zero-order valence-corrected chi connectivity index (χ0v) is 18.5. The number of nitrogens with zero attached hydrogens (tertiary/aromatic N) is 2. The second-order valence-electron chi connectivity index (χ2n) is 8.24. The molecule has 8 nitrogen and oxygen atoms in total. The molecule has 0 N–H and O–H groups in total. The molecule has 1 aromatic heterocycles. The summed E-state index contributed by atoms with van der Waals surface area (Å²) in [6, 6.07) is 2.17. The van der Waals surface area contributed by atoms with Crippen molar-refractivity contribution in [2.45, 2.75) is 82.9 Å². The third-order valence-corrected chi connectivity index (χ3v) is 6.36. The summed E-state index contributed by atoms with van der Waals surface area (Å²) in [6.45, 7) is 8.95. The lowest BCUT2D eigenvalue weighted by Gasteiger charge is -2.27. The first-order valence-electron chi connectivity index (χ1n) is 9.78. The monoisotopic (exact) mass is 426 g/mol. The third-order valence-electron chi connectivity index (χ3n) is 4.44. The summed E-state index contributed by atoms with van der Waals surface area (Å²) in [5, 5.41) is 0. The van der Waals surface area contributed by atoms with Crippen LogP contribution in [-0.2, 0) is 24.3 Å². The van der Waals surface area contributed by atoms with Crippen molar-refractivity contribution in [2.75, 3.05) is 6.54 Å². The minimum Gasteiger partial charge on any atom is -0.474 e. The Kier molecular flexibility index (Phi) is 7.40. The zero-order valence-electron chi connectivity index (χ0n) is 17.7. The van der Waals surface area contributed by atoms with Crippen LogP contribution >= 0.6 is 0 Å². The van der Waals surface area contributed by atoms with Crippen LogP contribution in [0.3, 0.4) is 0 Å². The predicted octanol–water partition coefficient (Wildman–Crippen LogP) is 2.63. The maximum atomic E-state index is 13.4. The van der Waals surface area contributed by atoms with E-state index in [-0.39, 0.29) is 23.4 Å². The quantitative estimate of drug-likeness (QED) is 0.465. The molecule has 0 unspecified atom stereocenters. The number of esters is 1. The Morgan fingerprint density at radius 3 is 2.69 bits per heavy atom. The van der Waals surface area contributed by atoms with Crippen LogP contribution in [0.25, 0.3) is 0 Å². The maximum absolute atomic E-state index is 13.4. The van der Waals surface area contributed by atoms with Crippen LogP contribution in [0.2, 0.25) is 0 Å². The SMILES string of the molecule is Cc1ccc(S(=O)(=O)N2CCC[C@H]2C(=O)OC(C)(C)C)c(O[C@@H](C)CCC=O)n1. The number of carbonyl (C=O) groups is 2. The molecular formula is C20H30N2O6S. The van der Waals surface area contributed by atoms with Gasteiger partial charge in [0.25, 0.3) is 0 Å². The first kappa shape index (κ1) is 23.3. The highest BCUT2D eigenvalue weighted by Gasteiger charge is 2.42. The summed E-state index contributed by atoms with van der Waals surface area (Å²) in [5.41, 5.74) is -0.102. The molecular weight excluding hydrogens is 396 g/mol. The van der Waals surface area contributed by atoms with Crippen LogP contribution in [0.4, 0.5) is 0 Å². The number of sulfonamides is 1. The standard InChI is InChI=1S/C20H30N2O6S/c1-14-10-11-17(18(21-14)27-15(2)8-7-13-23)29(25,26)22-12-6-9-16(22)19(24)28-20(3,4)5/h10-11,13,15-16H,6-9,12H2,1-5H3/t15-,16-/m0/s1. The highest BCUT2D eigenvalue weighted by molar-refractivity contribution is 7.89. The fourth-order valence-corrected chi connectivity index (χ4v) is 4.82. The second-order valence-corrected chi connectivity index (χ2v) is 10.1. The lowest BCUT2D eigenvalue weighted by Crippen LogP contribution is -2.43. The summed E-state index contributed by atoms with van der Waals surface area (Å²) in [4.78, 5) is 27.3. The summed E-state index contributed by atoms with van der Waals surface area (Å²) in [7, 11) is -4.03. The van der Waals surface area contributed by atoms with Crippen LogP contribution < -0.4 is 4.74 Å². The fourth-order valence-electron chi connectivity index (χ4n) is 3.11. The van der Waals surface area contributed by atoms with Crippen molar-refractivity contribution in [1.82, 2.24) is 9.29 Å². The van der Waals surface area contributed by atoms with Gasteiger partial charge >= 0.3 is 5.97 Å². The Morgan fingerprint density at radius 2 is 2.07 bits per heavy atom. The van der Waals surface area contributed by atoms with E-state index >= 15 is 0 Å².